The molecule has 0 radical (unpaired) electrons. The fourth-order valence-electron chi connectivity index (χ4n) is 3.00. The zero-order chi connectivity index (χ0) is 21.0. The second-order valence-corrected chi connectivity index (χ2v) is 7.70. The van der Waals surface area contributed by atoms with Crippen molar-refractivity contribution >= 4 is 29.3 Å². The van der Waals surface area contributed by atoms with Gasteiger partial charge in [0, 0.05) is 17.9 Å². The molecule has 0 fully saturated rings. The van der Waals surface area contributed by atoms with Gasteiger partial charge in [0.2, 0.25) is 0 Å². The summed E-state index contributed by atoms with van der Waals surface area (Å²) in [5.74, 6) is -0.860. The van der Waals surface area contributed by atoms with Gasteiger partial charge in [-0.15, -0.1) is 0 Å². The summed E-state index contributed by atoms with van der Waals surface area (Å²) in [6, 6.07) is 13.9. The summed E-state index contributed by atoms with van der Waals surface area (Å²) in [5, 5.41) is 2.59. The van der Waals surface area contributed by atoms with Gasteiger partial charge in [-0.2, -0.15) is 0 Å². The van der Waals surface area contributed by atoms with Crippen LogP contribution in [-0.4, -0.2) is 36.7 Å². The summed E-state index contributed by atoms with van der Waals surface area (Å²) >= 11 is 0. The van der Waals surface area contributed by atoms with Gasteiger partial charge in [0.1, 0.15) is 5.60 Å². The smallest absolute Gasteiger partial charge is 0.412 e. The van der Waals surface area contributed by atoms with Gasteiger partial charge >= 0.3 is 12.1 Å². The Balaban J connectivity index is 1.52. The molecule has 0 aliphatic carbocycles. The number of benzene rings is 2. The van der Waals surface area contributed by atoms with E-state index in [-0.39, 0.29) is 18.1 Å². The third kappa shape index (κ3) is 5.34. The number of nitrogens with zero attached hydrogens (tertiary/aromatic N) is 1. The molecule has 7 nitrogen and oxygen atoms in total. The minimum atomic E-state index is -0.602. The molecule has 29 heavy (non-hydrogen) atoms. The van der Waals surface area contributed by atoms with E-state index in [4.69, 9.17) is 9.47 Å². The van der Waals surface area contributed by atoms with E-state index >= 15 is 0 Å². The highest BCUT2D eigenvalue weighted by molar-refractivity contribution is 5.98. The number of esters is 1. The summed E-state index contributed by atoms with van der Waals surface area (Å²) in [5.41, 5.74) is 2.15. The van der Waals surface area contributed by atoms with Crippen LogP contribution in [0.5, 0.6) is 0 Å². The van der Waals surface area contributed by atoms with Crippen molar-refractivity contribution in [2.45, 2.75) is 32.8 Å². The molecular formula is C22H24N2O5. The van der Waals surface area contributed by atoms with Crippen LogP contribution >= 0.6 is 0 Å². The van der Waals surface area contributed by atoms with Gasteiger partial charge in [0.05, 0.1) is 5.56 Å². The fourth-order valence-corrected chi connectivity index (χ4v) is 3.00. The molecule has 7 heteroatoms. The van der Waals surface area contributed by atoms with Gasteiger partial charge in [-0.3, -0.25) is 10.1 Å². The van der Waals surface area contributed by atoms with Crippen molar-refractivity contribution in [3.8, 4) is 0 Å². The van der Waals surface area contributed by atoms with Gasteiger partial charge in [-0.1, -0.05) is 18.2 Å². The summed E-state index contributed by atoms with van der Waals surface area (Å²) in [4.78, 5) is 38.1. The minimum absolute atomic E-state index is 0.258. The molecule has 2 aromatic rings. The molecule has 0 saturated heterocycles. The van der Waals surface area contributed by atoms with Crippen molar-refractivity contribution in [1.29, 1.82) is 0 Å². The lowest BCUT2D eigenvalue weighted by Crippen LogP contribution is -2.33. The number of ether oxygens (including phenoxy) is 2. The molecule has 1 N–H and O–H groups in total. The quantitative estimate of drug-likeness (QED) is 0.795. The molecule has 0 spiro atoms. The Morgan fingerprint density at radius 2 is 1.72 bits per heavy atom. The van der Waals surface area contributed by atoms with E-state index in [1.54, 1.807) is 37.8 Å². The number of amides is 2. The first-order chi connectivity index (χ1) is 13.7. The average molecular weight is 396 g/mol. The molecule has 0 unspecified atom stereocenters. The van der Waals surface area contributed by atoms with Crippen LogP contribution in [0.1, 0.15) is 36.7 Å². The van der Waals surface area contributed by atoms with Crippen molar-refractivity contribution in [3.05, 3.63) is 59.7 Å². The second kappa shape index (κ2) is 8.34. The highest BCUT2D eigenvalue weighted by Crippen LogP contribution is 2.27. The first-order valence-corrected chi connectivity index (χ1v) is 9.38. The Kier molecular flexibility index (Phi) is 5.87. The zero-order valence-corrected chi connectivity index (χ0v) is 16.7. The normalized spacial score (nSPS) is 12.9. The topological polar surface area (TPSA) is 84.9 Å². The van der Waals surface area contributed by atoms with Crippen LogP contribution in [0.15, 0.2) is 48.5 Å². The number of para-hydroxylation sites is 1. The molecule has 1 aliphatic heterocycles. The predicted octanol–water partition coefficient (Wildman–Crippen LogP) is 3.78. The van der Waals surface area contributed by atoms with Gasteiger partial charge in [0.25, 0.3) is 5.91 Å². The maximum absolute atomic E-state index is 12.4. The van der Waals surface area contributed by atoms with Gasteiger partial charge in [0.15, 0.2) is 6.61 Å². The Hall–Kier alpha value is -3.35. The maximum Gasteiger partial charge on any atom is 0.412 e. The van der Waals surface area contributed by atoms with Crippen LogP contribution in [0.2, 0.25) is 0 Å². The highest BCUT2D eigenvalue weighted by atomic mass is 16.6. The third-order valence-corrected chi connectivity index (χ3v) is 4.28. The molecular weight excluding hydrogens is 372 g/mol. The van der Waals surface area contributed by atoms with Crippen LogP contribution in [0, 0.1) is 0 Å². The van der Waals surface area contributed by atoms with E-state index in [2.05, 4.69) is 5.32 Å². The lowest BCUT2D eigenvalue weighted by molar-refractivity contribution is -0.121. The Bertz CT molecular complexity index is 916. The van der Waals surface area contributed by atoms with Gasteiger partial charge in [-0.05, 0) is 63.1 Å². The number of hydrogen-bond acceptors (Lipinski definition) is 5. The standard InChI is InChI=1S/C22H24N2O5/c1-22(2,3)29-21(27)23-17-10-8-16(9-11-17)20(26)28-14-19(25)24-13-12-15-6-4-5-7-18(15)24/h4-11H,12-14H2,1-3H3,(H,23,27). The number of rotatable bonds is 4. The van der Waals surface area contributed by atoms with E-state index < -0.39 is 17.7 Å². The predicted molar refractivity (Wildman–Crippen MR) is 109 cm³/mol. The van der Waals surface area contributed by atoms with Crippen molar-refractivity contribution in [2.75, 3.05) is 23.4 Å². The fraction of sp³-hybridized carbons (Fsp3) is 0.318. The highest BCUT2D eigenvalue weighted by Gasteiger charge is 2.25. The monoisotopic (exact) mass is 396 g/mol. The van der Waals surface area contributed by atoms with Crippen LogP contribution in [-0.2, 0) is 20.7 Å². The molecule has 0 atom stereocenters. The van der Waals surface area contributed by atoms with E-state index in [0.29, 0.717) is 12.2 Å². The molecule has 0 bridgehead atoms. The van der Waals surface area contributed by atoms with Gasteiger partial charge in [-0.25, -0.2) is 9.59 Å². The number of carbonyl (C=O) groups is 3. The van der Waals surface area contributed by atoms with Gasteiger partial charge < -0.3 is 14.4 Å². The molecule has 1 heterocycles. The SMILES string of the molecule is CC(C)(C)OC(=O)Nc1ccc(C(=O)OCC(=O)N2CCc3ccccc32)cc1. The summed E-state index contributed by atoms with van der Waals surface area (Å²) < 4.78 is 10.3. The lowest BCUT2D eigenvalue weighted by Gasteiger charge is -2.19. The van der Waals surface area contributed by atoms with Crippen molar-refractivity contribution < 1.29 is 23.9 Å². The maximum atomic E-state index is 12.4. The molecule has 1 aliphatic rings. The van der Waals surface area contributed by atoms with E-state index in [0.717, 1.165) is 17.7 Å². The van der Waals surface area contributed by atoms with Crippen LogP contribution in [0.4, 0.5) is 16.2 Å². The van der Waals surface area contributed by atoms with Crippen LogP contribution in [0.3, 0.4) is 0 Å². The van der Waals surface area contributed by atoms with E-state index in [1.807, 2.05) is 24.3 Å². The average Bonchev–Trinajstić information content (AvgIpc) is 3.09. The lowest BCUT2D eigenvalue weighted by atomic mass is 10.2. The summed E-state index contributed by atoms with van der Waals surface area (Å²) in [6.07, 6.45) is 0.214. The molecule has 2 amide bonds. The number of nitrogens with one attached hydrogen (secondary N) is 1. The van der Waals surface area contributed by atoms with Crippen LogP contribution in [0.25, 0.3) is 0 Å². The zero-order valence-electron chi connectivity index (χ0n) is 16.7. The first-order valence-electron chi connectivity index (χ1n) is 9.38. The Morgan fingerprint density at radius 3 is 2.41 bits per heavy atom. The minimum Gasteiger partial charge on any atom is -0.452 e. The summed E-state index contributed by atoms with van der Waals surface area (Å²) in [6.45, 7) is 5.57. The molecule has 2 aromatic carbocycles. The van der Waals surface area contributed by atoms with E-state index in [9.17, 15) is 14.4 Å². The first kappa shape index (κ1) is 20.4. The molecule has 152 valence electrons. The number of fused-ring (bicyclic) bond motifs is 1. The van der Waals surface area contributed by atoms with Crippen molar-refractivity contribution in [1.82, 2.24) is 0 Å². The number of carbonyl (C=O) groups excluding carboxylic acids is 3. The number of anilines is 2. The van der Waals surface area contributed by atoms with Crippen LogP contribution < -0.4 is 10.2 Å². The number of hydrogen-bond donors (Lipinski definition) is 1. The third-order valence-electron chi connectivity index (χ3n) is 4.28. The molecule has 3 rings (SSSR count). The largest absolute Gasteiger partial charge is 0.452 e. The molecule has 0 saturated carbocycles. The Morgan fingerprint density at radius 1 is 1.03 bits per heavy atom. The van der Waals surface area contributed by atoms with Crippen molar-refractivity contribution in [3.63, 3.8) is 0 Å². The van der Waals surface area contributed by atoms with E-state index in [1.165, 1.54) is 12.1 Å². The van der Waals surface area contributed by atoms with Crippen molar-refractivity contribution in [2.24, 2.45) is 0 Å². The summed E-state index contributed by atoms with van der Waals surface area (Å²) in [7, 11) is 0. The molecule has 0 aromatic heterocycles. The Labute approximate surface area is 169 Å². The second-order valence-electron chi connectivity index (χ2n) is 7.70.